The van der Waals surface area contributed by atoms with Crippen LogP contribution in [-0.4, -0.2) is 26.9 Å². The van der Waals surface area contributed by atoms with E-state index in [0.29, 0.717) is 6.61 Å². The second-order valence-electron chi connectivity index (χ2n) is 12.2. The maximum atomic E-state index is 7.39. The highest BCUT2D eigenvalue weighted by Gasteiger charge is 2.44. The summed E-state index contributed by atoms with van der Waals surface area (Å²) in [5.41, 5.74) is 8.66. The summed E-state index contributed by atoms with van der Waals surface area (Å²) >= 11 is 0. The zero-order valence-electron chi connectivity index (χ0n) is 25.9. The Labute approximate surface area is 260 Å². The standard InChI is InChI=1S/C40H39NO3/c1-5-25-43-26-24-41-29-18-14-27(15-19-29)40(28-16-20-30(42-4)21-17-28)23-22-34-37-36(31-10-6-7-11-32(31)38(34)44-40)33-12-8-9-13-35(33)39(37,2)3/h6-23,41H,5,24-26H2,1-4H3. The molecule has 0 amide bonds. The van der Waals surface area contributed by atoms with Crippen LogP contribution in [0.15, 0.2) is 103 Å². The Bertz CT molecular complexity index is 1850. The van der Waals surface area contributed by atoms with Crippen molar-refractivity contribution in [3.63, 3.8) is 0 Å². The summed E-state index contributed by atoms with van der Waals surface area (Å²) in [7, 11) is 1.70. The number of ether oxygens (including phenoxy) is 3. The van der Waals surface area contributed by atoms with Gasteiger partial charge in [-0.1, -0.05) is 99.6 Å². The maximum Gasteiger partial charge on any atom is 0.178 e. The number of nitrogens with one attached hydrogen (secondary N) is 1. The number of fused-ring (bicyclic) bond motifs is 8. The average molecular weight is 582 g/mol. The molecule has 1 heterocycles. The summed E-state index contributed by atoms with van der Waals surface area (Å²) in [6.07, 6.45) is 5.58. The van der Waals surface area contributed by atoms with Gasteiger partial charge in [-0.05, 0) is 64.4 Å². The molecule has 4 nitrogen and oxygen atoms in total. The van der Waals surface area contributed by atoms with Crippen molar-refractivity contribution in [2.75, 3.05) is 32.2 Å². The van der Waals surface area contributed by atoms with Crippen LogP contribution in [0.1, 0.15) is 55.0 Å². The quantitative estimate of drug-likeness (QED) is 0.176. The predicted molar refractivity (Wildman–Crippen MR) is 181 cm³/mol. The molecule has 7 rings (SSSR count). The highest BCUT2D eigenvalue weighted by Crippen LogP contribution is 2.58. The first-order valence-corrected chi connectivity index (χ1v) is 15.6. The van der Waals surface area contributed by atoms with E-state index < -0.39 is 5.60 Å². The molecule has 1 aliphatic carbocycles. The molecule has 0 fully saturated rings. The first-order chi connectivity index (χ1) is 21.5. The zero-order chi connectivity index (χ0) is 30.3. The average Bonchev–Trinajstić information content (AvgIpc) is 3.32. The number of anilines is 1. The second-order valence-corrected chi connectivity index (χ2v) is 12.2. The molecule has 4 heteroatoms. The van der Waals surface area contributed by atoms with E-state index >= 15 is 0 Å². The Kier molecular flexibility index (Phi) is 7.18. The smallest absolute Gasteiger partial charge is 0.178 e. The Morgan fingerprint density at radius 2 is 1.45 bits per heavy atom. The van der Waals surface area contributed by atoms with Crippen LogP contribution in [0.5, 0.6) is 11.5 Å². The van der Waals surface area contributed by atoms with E-state index in [1.54, 1.807) is 7.11 Å². The highest BCUT2D eigenvalue weighted by atomic mass is 16.5. The van der Waals surface area contributed by atoms with Gasteiger partial charge < -0.3 is 19.5 Å². The van der Waals surface area contributed by atoms with E-state index in [-0.39, 0.29) is 5.41 Å². The van der Waals surface area contributed by atoms with E-state index in [1.165, 1.54) is 27.6 Å². The molecule has 0 saturated heterocycles. The highest BCUT2D eigenvalue weighted by molar-refractivity contribution is 6.08. The maximum absolute atomic E-state index is 7.39. The van der Waals surface area contributed by atoms with Gasteiger partial charge in [0.05, 0.1) is 13.7 Å². The van der Waals surface area contributed by atoms with Gasteiger partial charge in [0, 0.05) is 46.3 Å². The Hall–Kier alpha value is -4.54. The molecule has 0 aromatic heterocycles. The lowest BCUT2D eigenvalue weighted by molar-refractivity contribution is 0.144. The number of hydrogen-bond donors (Lipinski definition) is 1. The minimum atomic E-state index is -0.825. The third kappa shape index (κ3) is 4.48. The van der Waals surface area contributed by atoms with E-state index in [0.717, 1.165) is 58.8 Å². The number of methoxy groups -OCH3 is 1. The molecule has 222 valence electrons. The van der Waals surface area contributed by atoms with Crippen molar-refractivity contribution in [2.45, 2.75) is 38.2 Å². The molecular weight excluding hydrogens is 542 g/mol. The molecule has 44 heavy (non-hydrogen) atoms. The van der Waals surface area contributed by atoms with Gasteiger partial charge in [-0.15, -0.1) is 0 Å². The van der Waals surface area contributed by atoms with E-state index in [4.69, 9.17) is 14.2 Å². The van der Waals surface area contributed by atoms with Gasteiger partial charge >= 0.3 is 0 Å². The van der Waals surface area contributed by atoms with Gasteiger partial charge in [0.25, 0.3) is 0 Å². The topological polar surface area (TPSA) is 39.7 Å². The van der Waals surface area contributed by atoms with Gasteiger partial charge in [0.15, 0.2) is 5.60 Å². The Balaban J connectivity index is 1.38. The lowest BCUT2D eigenvalue weighted by Gasteiger charge is -2.38. The van der Waals surface area contributed by atoms with Crippen molar-refractivity contribution in [3.05, 3.63) is 131 Å². The first-order valence-electron chi connectivity index (χ1n) is 15.6. The molecule has 0 radical (unpaired) electrons. The molecule has 5 aromatic rings. The lowest BCUT2D eigenvalue weighted by Crippen LogP contribution is -2.35. The Morgan fingerprint density at radius 3 is 2.18 bits per heavy atom. The monoisotopic (exact) mass is 581 g/mol. The minimum Gasteiger partial charge on any atom is -0.497 e. The van der Waals surface area contributed by atoms with E-state index in [1.807, 2.05) is 12.1 Å². The van der Waals surface area contributed by atoms with Crippen molar-refractivity contribution in [3.8, 4) is 22.6 Å². The zero-order valence-corrected chi connectivity index (χ0v) is 25.9. The fourth-order valence-electron chi connectivity index (χ4n) is 7.07. The number of hydrogen-bond acceptors (Lipinski definition) is 4. The molecule has 1 aliphatic heterocycles. The SMILES string of the molecule is CCCOCCNc1ccc(C2(c3ccc(OC)cc3)C=Cc3c4c(c5ccccc5c3O2)-c2ccccc2C4(C)C)cc1. The summed E-state index contributed by atoms with van der Waals surface area (Å²) in [5, 5.41) is 5.84. The second kappa shape index (κ2) is 11.2. The van der Waals surface area contributed by atoms with Crippen molar-refractivity contribution < 1.29 is 14.2 Å². The molecule has 2 aliphatic rings. The number of rotatable bonds is 9. The summed E-state index contributed by atoms with van der Waals surface area (Å²) in [6.45, 7) is 9.04. The number of benzene rings is 5. The molecule has 1 atom stereocenters. The summed E-state index contributed by atoms with van der Waals surface area (Å²) < 4.78 is 18.6. The first kappa shape index (κ1) is 28.2. The van der Waals surface area contributed by atoms with Gasteiger partial charge in [0.1, 0.15) is 11.5 Å². The molecule has 1 N–H and O–H groups in total. The third-order valence-electron chi connectivity index (χ3n) is 9.20. The summed E-state index contributed by atoms with van der Waals surface area (Å²) in [5.74, 6) is 1.74. The molecular formula is C40H39NO3. The summed E-state index contributed by atoms with van der Waals surface area (Å²) in [4.78, 5) is 0. The fraction of sp³-hybridized carbons (Fsp3) is 0.250. The molecule has 0 spiro atoms. The van der Waals surface area contributed by atoms with Gasteiger partial charge in [-0.25, -0.2) is 0 Å². The van der Waals surface area contributed by atoms with Crippen molar-refractivity contribution in [1.29, 1.82) is 0 Å². The van der Waals surface area contributed by atoms with E-state index in [9.17, 15) is 0 Å². The van der Waals surface area contributed by atoms with Crippen LogP contribution in [0.25, 0.3) is 28.0 Å². The van der Waals surface area contributed by atoms with Crippen LogP contribution in [0.2, 0.25) is 0 Å². The van der Waals surface area contributed by atoms with Gasteiger partial charge in [-0.2, -0.15) is 0 Å². The van der Waals surface area contributed by atoms with Crippen molar-refractivity contribution >= 4 is 22.5 Å². The fourth-order valence-corrected chi connectivity index (χ4v) is 7.07. The largest absolute Gasteiger partial charge is 0.497 e. The van der Waals surface area contributed by atoms with Gasteiger partial charge in [0.2, 0.25) is 0 Å². The minimum absolute atomic E-state index is 0.165. The molecule has 5 aromatic carbocycles. The van der Waals surface area contributed by atoms with Gasteiger partial charge in [-0.3, -0.25) is 0 Å². The van der Waals surface area contributed by atoms with E-state index in [2.05, 4.69) is 123 Å². The molecule has 1 unspecified atom stereocenters. The molecule has 0 saturated carbocycles. The van der Waals surface area contributed by atoms with Crippen LogP contribution in [0.4, 0.5) is 5.69 Å². The third-order valence-corrected chi connectivity index (χ3v) is 9.20. The van der Waals surface area contributed by atoms with Crippen LogP contribution in [0.3, 0.4) is 0 Å². The van der Waals surface area contributed by atoms with Crippen LogP contribution in [0, 0.1) is 0 Å². The normalized spacial score (nSPS) is 17.5. The molecule has 0 bridgehead atoms. The van der Waals surface area contributed by atoms with Crippen LogP contribution in [-0.2, 0) is 15.8 Å². The van der Waals surface area contributed by atoms with Crippen molar-refractivity contribution in [2.24, 2.45) is 0 Å². The Morgan fingerprint density at radius 1 is 0.773 bits per heavy atom. The van der Waals surface area contributed by atoms with Crippen LogP contribution >= 0.6 is 0 Å². The predicted octanol–water partition coefficient (Wildman–Crippen LogP) is 9.34. The van der Waals surface area contributed by atoms with Crippen LogP contribution < -0.4 is 14.8 Å². The lowest BCUT2D eigenvalue weighted by atomic mass is 9.77. The van der Waals surface area contributed by atoms with Crippen molar-refractivity contribution in [1.82, 2.24) is 0 Å². The summed E-state index contributed by atoms with van der Waals surface area (Å²) in [6, 6.07) is 34.4.